The average Bonchev–Trinajstić information content (AvgIpc) is 2.32. The summed E-state index contributed by atoms with van der Waals surface area (Å²) in [5.41, 5.74) is 5.51. The van der Waals surface area contributed by atoms with E-state index in [4.69, 9.17) is 10.5 Å². The number of amides is 2. The van der Waals surface area contributed by atoms with Crippen LogP contribution in [0.4, 0.5) is 11.9 Å². The summed E-state index contributed by atoms with van der Waals surface area (Å²) in [6, 6.07) is -0.487. The normalized spacial score (nSPS) is 18.9. The Labute approximate surface area is 109 Å². The van der Waals surface area contributed by atoms with Gasteiger partial charge in [0.15, 0.2) is 0 Å². The molecular formula is C10H14N6O3. The van der Waals surface area contributed by atoms with Gasteiger partial charge in [-0.3, -0.25) is 14.9 Å². The summed E-state index contributed by atoms with van der Waals surface area (Å²) in [4.78, 5) is 34.2. The van der Waals surface area contributed by atoms with Crippen molar-refractivity contribution in [2.75, 3.05) is 17.7 Å². The van der Waals surface area contributed by atoms with Crippen molar-refractivity contribution in [2.45, 2.75) is 25.8 Å². The van der Waals surface area contributed by atoms with Crippen LogP contribution in [0.3, 0.4) is 0 Å². The van der Waals surface area contributed by atoms with E-state index in [1.807, 2.05) is 0 Å². The van der Waals surface area contributed by atoms with Gasteiger partial charge in [-0.05, 0) is 13.3 Å². The van der Waals surface area contributed by atoms with Gasteiger partial charge < -0.3 is 15.8 Å². The predicted molar refractivity (Wildman–Crippen MR) is 65.2 cm³/mol. The third-order valence-corrected chi connectivity index (χ3v) is 2.45. The first-order valence-electron chi connectivity index (χ1n) is 5.83. The number of anilines is 2. The number of imide groups is 1. The zero-order valence-corrected chi connectivity index (χ0v) is 10.3. The molecule has 19 heavy (non-hydrogen) atoms. The molecule has 4 N–H and O–H groups in total. The first-order valence-corrected chi connectivity index (χ1v) is 5.83. The fraction of sp³-hybridized carbons (Fsp3) is 0.500. The van der Waals surface area contributed by atoms with Crippen LogP contribution >= 0.6 is 0 Å². The Hall–Kier alpha value is -2.45. The van der Waals surface area contributed by atoms with E-state index >= 15 is 0 Å². The van der Waals surface area contributed by atoms with Crippen molar-refractivity contribution in [3.8, 4) is 6.01 Å². The summed E-state index contributed by atoms with van der Waals surface area (Å²) in [7, 11) is 0. The Morgan fingerprint density at radius 2 is 2.21 bits per heavy atom. The highest BCUT2D eigenvalue weighted by Crippen LogP contribution is 2.13. The molecule has 1 saturated heterocycles. The van der Waals surface area contributed by atoms with Crippen molar-refractivity contribution in [2.24, 2.45) is 0 Å². The first kappa shape index (κ1) is 13.0. The molecule has 1 atom stereocenters. The molecule has 0 spiro atoms. The molecule has 2 heterocycles. The van der Waals surface area contributed by atoms with Crippen LogP contribution in [-0.2, 0) is 9.59 Å². The first-order chi connectivity index (χ1) is 9.08. The van der Waals surface area contributed by atoms with Gasteiger partial charge in [0.05, 0.1) is 6.61 Å². The number of carbonyl (C=O) groups is 2. The molecule has 2 rings (SSSR count). The van der Waals surface area contributed by atoms with Gasteiger partial charge in [0.2, 0.25) is 23.7 Å². The van der Waals surface area contributed by atoms with Crippen LogP contribution in [0.5, 0.6) is 6.01 Å². The number of carbonyl (C=O) groups excluding carboxylic acids is 2. The van der Waals surface area contributed by atoms with Crippen molar-refractivity contribution >= 4 is 23.7 Å². The van der Waals surface area contributed by atoms with Crippen molar-refractivity contribution in [1.82, 2.24) is 20.3 Å². The minimum Gasteiger partial charge on any atom is -0.464 e. The molecule has 1 aliphatic heterocycles. The Balaban J connectivity index is 2.10. The minimum atomic E-state index is -0.575. The van der Waals surface area contributed by atoms with E-state index in [1.165, 1.54) is 0 Å². The lowest BCUT2D eigenvalue weighted by Gasteiger charge is -2.21. The quantitative estimate of drug-likeness (QED) is 0.595. The second-order valence-electron chi connectivity index (χ2n) is 3.88. The van der Waals surface area contributed by atoms with Crippen molar-refractivity contribution < 1.29 is 14.3 Å². The maximum Gasteiger partial charge on any atom is 0.323 e. The molecule has 1 fully saturated rings. The van der Waals surface area contributed by atoms with Gasteiger partial charge in [-0.15, -0.1) is 0 Å². The van der Waals surface area contributed by atoms with E-state index in [9.17, 15) is 9.59 Å². The molecule has 1 aromatic heterocycles. The predicted octanol–water partition coefficient (Wildman–Crippen LogP) is -0.930. The standard InChI is InChI=1S/C10H14N6O3/c1-2-19-10-15-8(11)14-9(16-10)12-5-3-4-6(17)13-7(5)18/h5H,2-4H2,1H3,(H,13,17,18)(H3,11,12,14,15,16). The van der Waals surface area contributed by atoms with Gasteiger partial charge in [0.1, 0.15) is 6.04 Å². The van der Waals surface area contributed by atoms with Gasteiger partial charge in [-0.2, -0.15) is 15.0 Å². The van der Waals surface area contributed by atoms with Gasteiger partial charge >= 0.3 is 6.01 Å². The number of nitrogens with one attached hydrogen (secondary N) is 2. The van der Waals surface area contributed by atoms with E-state index in [0.717, 1.165) is 0 Å². The molecular weight excluding hydrogens is 252 g/mol. The van der Waals surface area contributed by atoms with Crippen LogP contribution < -0.4 is 21.1 Å². The molecule has 0 radical (unpaired) electrons. The van der Waals surface area contributed by atoms with E-state index in [2.05, 4.69) is 25.6 Å². The molecule has 9 nitrogen and oxygen atoms in total. The Kier molecular flexibility index (Phi) is 3.74. The van der Waals surface area contributed by atoms with Crippen molar-refractivity contribution in [3.63, 3.8) is 0 Å². The lowest BCUT2D eigenvalue weighted by molar-refractivity contribution is -0.133. The summed E-state index contributed by atoms with van der Waals surface area (Å²) in [6.45, 7) is 2.18. The molecule has 0 saturated carbocycles. The SMILES string of the molecule is CCOc1nc(N)nc(NC2CCC(=O)NC2=O)n1. The largest absolute Gasteiger partial charge is 0.464 e. The number of piperidine rings is 1. The van der Waals surface area contributed by atoms with Crippen molar-refractivity contribution in [1.29, 1.82) is 0 Å². The second-order valence-corrected chi connectivity index (χ2v) is 3.88. The highest BCUT2D eigenvalue weighted by Gasteiger charge is 2.27. The summed E-state index contributed by atoms with van der Waals surface area (Å²) in [5.74, 6) is -0.555. The van der Waals surface area contributed by atoms with E-state index in [1.54, 1.807) is 6.92 Å². The molecule has 9 heteroatoms. The fourth-order valence-corrected chi connectivity index (χ4v) is 1.62. The monoisotopic (exact) mass is 266 g/mol. The number of nitrogens with two attached hydrogens (primary N) is 1. The molecule has 1 aliphatic rings. The highest BCUT2D eigenvalue weighted by molar-refractivity contribution is 6.01. The van der Waals surface area contributed by atoms with E-state index in [0.29, 0.717) is 13.0 Å². The molecule has 1 unspecified atom stereocenters. The molecule has 0 aliphatic carbocycles. The number of ether oxygens (including phenoxy) is 1. The van der Waals surface area contributed by atoms with Gasteiger partial charge in [-0.25, -0.2) is 0 Å². The maximum absolute atomic E-state index is 11.6. The molecule has 102 valence electrons. The summed E-state index contributed by atoms with van der Waals surface area (Å²) in [6.07, 6.45) is 0.641. The third-order valence-electron chi connectivity index (χ3n) is 2.45. The van der Waals surface area contributed by atoms with Crippen molar-refractivity contribution in [3.05, 3.63) is 0 Å². The zero-order chi connectivity index (χ0) is 13.8. The Morgan fingerprint density at radius 3 is 2.89 bits per heavy atom. The van der Waals surface area contributed by atoms with E-state index < -0.39 is 11.9 Å². The summed E-state index contributed by atoms with van der Waals surface area (Å²) >= 11 is 0. The second kappa shape index (κ2) is 5.46. The van der Waals surface area contributed by atoms with Crippen LogP contribution in [0.25, 0.3) is 0 Å². The highest BCUT2D eigenvalue weighted by atomic mass is 16.5. The lowest BCUT2D eigenvalue weighted by atomic mass is 10.1. The van der Waals surface area contributed by atoms with Crippen LogP contribution in [0.2, 0.25) is 0 Å². The Bertz CT molecular complexity index is 506. The van der Waals surface area contributed by atoms with Gasteiger partial charge in [-0.1, -0.05) is 0 Å². The van der Waals surface area contributed by atoms with Gasteiger partial charge in [0, 0.05) is 6.42 Å². The Morgan fingerprint density at radius 1 is 1.42 bits per heavy atom. The molecule has 0 aromatic carbocycles. The number of nitrogens with zero attached hydrogens (tertiary/aromatic N) is 3. The number of hydrogen-bond donors (Lipinski definition) is 3. The van der Waals surface area contributed by atoms with Gasteiger partial charge in [0.25, 0.3) is 0 Å². The third kappa shape index (κ3) is 3.27. The summed E-state index contributed by atoms with van der Waals surface area (Å²) < 4.78 is 5.12. The average molecular weight is 266 g/mol. The lowest BCUT2D eigenvalue weighted by Crippen LogP contribution is -2.47. The maximum atomic E-state index is 11.6. The van der Waals surface area contributed by atoms with Crippen LogP contribution in [0.1, 0.15) is 19.8 Å². The number of rotatable bonds is 4. The summed E-state index contributed by atoms with van der Waals surface area (Å²) in [5, 5.41) is 5.03. The molecule has 2 amide bonds. The number of nitrogen functional groups attached to an aromatic ring is 1. The smallest absolute Gasteiger partial charge is 0.323 e. The number of hydrogen-bond acceptors (Lipinski definition) is 8. The number of aromatic nitrogens is 3. The fourth-order valence-electron chi connectivity index (χ4n) is 1.62. The zero-order valence-electron chi connectivity index (χ0n) is 10.3. The van der Waals surface area contributed by atoms with Crippen LogP contribution in [0.15, 0.2) is 0 Å². The molecule has 1 aromatic rings. The van der Waals surface area contributed by atoms with Crippen LogP contribution in [0, 0.1) is 0 Å². The van der Waals surface area contributed by atoms with E-state index in [-0.39, 0.29) is 30.2 Å². The topological polar surface area (TPSA) is 132 Å². The molecule has 0 bridgehead atoms. The van der Waals surface area contributed by atoms with Crippen LogP contribution in [-0.4, -0.2) is 39.4 Å². The minimum absolute atomic E-state index is 0.00626.